The van der Waals surface area contributed by atoms with Crippen molar-refractivity contribution in [3.05, 3.63) is 5.82 Å². The van der Waals surface area contributed by atoms with Gasteiger partial charge >= 0.3 is 0 Å². The summed E-state index contributed by atoms with van der Waals surface area (Å²) in [7, 11) is 0. The van der Waals surface area contributed by atoms with Gasteiger partial charge in [-0.3, -0.25) is 25.6 Å². The van der Waals surface area contributed by atoms with Crippen LogP contribution in [-0.4, -0.2) is 70.4 Å². The predicted octanol–water partition coefficient (Wildman–Crippen LogP) is 0.758. The second kappa shape index (κ2) is 12.1. The number of hydrogen-bond donors (Lipinski definition) is 3. The van der Waals surface area contributed by atoms with Crippen molar-refractivity contribution in [2.24, 2.45) is 5.92 Å². The van der Waals surface area contributed by atoms with Gasteiger partial charge in [-0.05, 0) is 6.42 Å². The smallest absolute Gasteiger partial charge is 0.246 e. The maximum absolute atomic E-state index is 12.6. The van der Waals surface area contributed by atoms with Crippen molar-refractivity contribution in [1.29, 1.82) is 0 Å². The fourth-order valence-electron chi connectivity index (χ4n) is 2.96. The monoisotopic (exact) mass is 409 g/mol. The van der Waals surface area contributed by atoms with Crippen LogP contribution in [0.1, 0.15) is 45.4 Å². The molecule has 1 aromatic rings. The molecule has 0 unspecified atom stereocenters. The van der Waals surface area contributed by atoms with Crippen LogP contribution in [0.3, 0.4) is 0 Å². The number of carbonyl (C=O) groups excluding carboxylic acids is 2. The number of hydrogen-bond acceptors (Lipinski definition) is 9. The Kier molecular flexibility index (Phi) is 9.51. The van der Waals surface area contributed by atoms with Gasteiger partial charge in [0.05, 0.1) is 25.7 Å². The van der Waals surface area contributed by atoms with Gasteiger partial charge in [-0.25, -0.2) is 5.06 Å². The molecule has 1 aliphatic rings. The lowest BCUT2D eigenvalue weighted by atomic mass is 10.0. The van der Waals surface area contributed by atoms with Crippen molar-refractivity contribution < 1.29 is 19.5 Å². The second-order valence-corrected chi connectivity index (χ2v) is 6.86. The summed E-state index contributed by atoms with van der Waals surface area (Å²) >= 11 is 0. The highest BCUT2D eigenvalue weighted by atomic mass is 16.5. The summed E-state index contributed by atoms with van der Waals surface area (Å²) in [6.45, 7) is 6.55. The SMILES string of the molecule is CCCCC[C@H](CN(O)C=O)C(=O)NNc1nc(CC)nc(N2CCOCC2)n1. The number of nitrogens with one attached hydrogen (secondary N) is 2. The molecule has 0 aromatic carbocycles. The lowest BCUT2D eigenvalue weighted by molar-refractivity contribution is -0.154. The van der Waals surface area contributed by atoms with Crippen molar-refractivity contribution in [3.63, 3.8) is 0 Å². The number of hydrazine groups is 1. The minimum atomic E-state index is -0.546. The first kappa shape index (κ1) is 22.8. The number of hydroxylamine groups is 2. The van der Waals surface area contributed by atoms with Crippen molar-refractivity contribution >= 4 is 24.2 Å². The third-order valence-electron chi connectivity index (χ3n) is 4.63. The molecule has 2 heterocycles. The van der Waals surface area contributed by atoms with Crippen LogP contribution in [0.5, 0.6) is 0 Å². The normalized spacial score (nSPS) is 14.9. The fraction of sp³-hybridized carbons (Fsp3) is 0.722. The fourth-order valence-corrected chi connectivity index (χ4v) is 2.96. The quantitative estimate of drug-likeness (QED) is 0.198. The summed E-state index contributed by atoms with van der Waals surface area (Å²) in [5.41, 5.74) is 5.35. The number of aryl methyl sites for hydroxylation is 1. The number of rotatable bonds is 12. The topological polar surface area (TPSA) is 133 Å². The molecule has 2 rings (SSSR count). The molecular weight excluding hydrogens is 378 g/mol. The van der Waals surface area contributed by atoms with Crippen molar-refractivity contribution in [2.75, 3.05) is 43.2 Å². The van der Waals surface area contributed by atoms with E-state index >= 15 is 0 Å². The summed E-state index contributed by atoms with van der Waals surface area (Å²) in [6.07, 6.45) is 4.29. The van der Waals surface area contributed by atoms with E-state index in [1.807, 2.05) is 11.8 Å². The molecule has 0 aliphatic carbocycles. The van der Waals surface area contributed by atoms with E-state index in [-0.39, 0.29) is 18.4 Å². The number of carbonyl (C=O) groups is 2. The Balaban J connectivity index is 2.02. The van der Waals surface area contributed by atoms with Gasteiger partial charge in [-0.1, -0.05) is 33.1 Å². The maximum atomic E-state index is 12.6. The summed E-state index contributed by atoms with van der Waals surface area (Å²) in [6, 6.07) is 0. The van der Waals surface area contributed by atoms with Crippen molar-refractivity contribution in [1.82, 2.24) is 25.4 Å². The van der Waals surface area contributed by atoms with Crippen LogP contribution >= 0.6 is 0 Å². The highest BCUT2D eigenvalue weighted by Gasteiger charge is 2.21. The Bertz CT molecular complexity index is 655. The van der Waals surface area contributed by atoms with E-state index in [1.54, 1.807) is 0 Å². The Labute approximate surface area is 170 Å². The molecule has 1 fully saturated rings. The van der Waals surface area contributed by atoms with Crippen LogP contribution in [0.15, 0.2) is 0 Å². The molecule has 3 N–H and O–H groups in total. The van der Waals surface area contributed by atoms with Crippen LogP contribution in [0.4, 0.5) is 11.9 Å². The molecule has 1 atom stereocenters. The number of morpholine rings is 1. The van der Waals surface area contributed by atoms with Gasteiger partial charge in [-0.2, -0.15) is 15.0 Å². The Morgan fingerprint density at radius 1 is 1.28 bits per heavy atom. The third-order valence-corrected chi connectivity index (χ3v) is 4.63. The first-order valence-electron chi connectivity index (χ1n) is 10.1. The van der Waals surface area contributed by atoms with Gasteiger partial charge in [0.1, 0.15) is 5.82 Å². The Morgan fingerprint density at radius 2 is 2.03 bits per heavy atom. The average Bonchev–Trinajstić information content (AvgIpc) is 2.77. The molecule has 11 nitrogen and oxygen atoms in total. The van der Waals surface area contributed by atoms with Crippen molar-refractivity contribution in [3.8, 4) is 0 Å². The van der Waals surface area contributed by atoms with E-state index in [0.29, 0.717) is 62.4 Å². The molecular formula is C18H31N7O4. The van der Waals surface area contributed by atoms with E-state index in [2.05, 4.69) is 32.7 Å². The number of amides is 2. The number of anilines is 2. The van der Waals surface area contributed by atoms with Gasteiger partial charge < -0.3 is 9.64 Å². The minimum absolute atomic E-state index is 0.0723. The van der Waals surface area contributed by atoms with Gasteiger partial charge in [0.15, 0.2) is 0 Å². The summed E-state index contributed by atoms with van der Waals surface area (Å²) in [5.74, 6) is 0.512. The third kappa shape index (κ3) is 7.42. The maximum Gasteiger partial charge on any atom is 0.246 e. The van der Waals surface area contributed by atoms with Gasteiger partial charge in [-0.15, -0.1) is 0 Å². The molecule has 1 saturated heterocycles. The first-order chi connectivity index (χ1) is 14.1. The van der Waals surface area contributed by atoms with Crippen molar-refractivity contribution in [2.45, 2.75) is 46.0 Å². The van der Waals surface area contributed by atoms with Crippen LogP contribution in [-0.2, 0) is 20.7 Å². The largest absolute Gasteiger partial charge is 0.378 e. The Morgan fingerprint density at radius 3 is 2.69 bits per heavy atom. The molecule has 2 amide bonds. The standard InChI is InChI=1S/C18H31N7O4/c1-3-5-6-7-14(12-25(28)13-26)16(27)22-23-17-19-15(4-2)20-18(21-17)24-8-10-29-11-9-24/h13-14,28H,3-12H2,1-2H3,(H,22,27)(H,19,20,21,23)/t14-/m1/s1. The number of nitrogens with zero attached hydrogens (tertiary/aromatic N) is 5. The van der Waals surface area contributed by atoms with Gasteiger partial charge in [0, 0.05) is 19.5 Å². The predicted molar refractivity (Wildman–Crippen MR) is 106 cm³/mol. The molecule has 0 radical (unpaired) electrons. The lowest BCUT2D eigenvalue weighted by Gasteiger charge is -2.27. The van der Waals surface area contributed by atoms with E-state index in [9.17, 15) is 14.8 Å². The summed E-state index contributed by atoms with van der Waals surface area (Å²) in [5, 5.41) is 9.98. The highest BCUT2D eigenvalue weighted by molar-refractivity contribution is 5.80. The summed E-state index contributed by atoms with van der Waals surface area (Å²) in [4.78, 5) is 38.5. The zero-order valence-electron chi connectivity index (χ0n) is 17.1. The molecule has 0 bridgehead atoms. The van der Waals surface area contributed by atoms with E-state index in [0.717, 1.165) is 19.3 Å². The molecule has 0 spiro atoms. The first-order valence-corrected chi connectivity index (χ1v) is 10.1. The molecule has 1 aromatic heterocycles. The number of ether oxygens (including phenoxy) is 1. The second-order valence-electron chi connectivity index (χ2n) is 6.86. The van der Waals surface area contributed by atoms with Crippen LogP contribution in [0.2, 0.25) is 0 Å². The molecule has 29 heavy (non-hydrogen) atoms. The van der Waals surface area contributed by atoms with Gasteiger partial charge in [0.2, 0.25) is 24.2 Å². The highest BCUT2D eigenvalue weighted by Crippen LogP contribution is 2.14. The van der Waals surface area contributed by atoms with E-state index in [1.165, 1.54) is 0 Å². The zero-order chi connectivity index (χ0) is 21.1. The lowest BCUT2D eigenvalue weighted by Crippen LogP contribution is -2.41. The van der Waals surface area contributed by atoms with E-state index < -0.39 is 5.92 Å². The summed E-state index contributed by atoms with van der Waals surface area (Å²) < 4.78 is 5.36. The van der Waals surface area contributed by atoms with Gasteiger partial charge in [0.25, 0.3) is 0 Å². The number of aromatic nitrogens is 3. The van der Waals surface area contributed by atoms with Crippen LogP contribution < -0.4 is 15.8 Å². The minimum Gasteiger partial charge on any atom is -0.378 e. The van der Waals surface area contributed by atoms with E-state index in [4.69, 9.17) is 4.74 Å². The zero-order valence-corrected chi connectivity index (χ0v) is 17.1. The average molecular weight is 409 g/mol. The van der Waals surface area contributed by atoms with Crippen LogP contribution in [0, 0.1) is 5.92 Å². The molecule has 0 saturated carbocycles. The Hall–Kier alpha value is -2.53. The molecule has 11 heteroatoms. The number of unbranched alkanes of at least 4 members (excludes halogenated alkanes) is 2. The molecule has 1 aliphatic heterocycles. The van der Waals surface area contributed by atoms with Crippen LogP contribution in [0.25, 0.3) is 0 Å². The molecule has 162 valence electrons.